The quantitative estimate of drug-likeness (QED) is 0.368. The predicted octanol–water partition coefficient (Wildman–Crippen LogP) is 5.77. The Morgan fingerprint density at radius 2 is 1.66 bits per heavy atom. The molecule has 6 heteroatoms. The van der Waals surface area contributed by atoms with Gasteiger partial charge < -0.3 is 10.1 Å². The smallest absolute Gasteiger partial charge is 0.307 e. The van der Waals surface area contributed by atoms with Crippen molar-refractivity contribution in [1.29, 1.82) is 0 Å². The second-order valence-corrected chi connectivity index (χ2v) is 8.84. The molecular formula is C26H24N2O3S. The molecule has 0 saturated heterocycles. The van der Waals surface area contributed by atoms with Crippen LogP contribution in [0.4, 0.5) is 5.69 Å². The number of benzene rings is 3. The molecular weight excluding hydrogens is 420 g/mol. The summed E-state index contributed by atoms with van der Waals surface area (Å²) in [6.45, 7) is 3.94. The highest BCUT2D eigenvalue weighted by Crippen LogP contribution is 2.25. The molecule has 32 heavy (non-hydrogen) atoms. The van der Waals surface area contributed by atoms with E-state index in [1.54, 1.807) is 23.5 Å². The fourth-order valence-electron chi connectivity index (χ4n) is 3.58. The molecule has 4 aromatic rings. The van der Waals surface area contributed by atoms with Gasteiger partial charge in [-0.1, -0.05) is 48.5 Å². The molecule has 1 amide bonds. The Hall–Kier alpha value is -3.51. The van der Waals surface area contributed by atoms with Gasteiger partial charge in [0.2, 0.25) is 6.10 Å². The van der Waals surface area contributed by atoms with Crippen molar-refractivity contribution < 1.29 is 14.3 Å². The van der Waals surface area contributed by atoms with E-state index in [1.165, 1.54) is 0 Å². The number of hydrogen-bond donors (Lipinski definition) is 1. The summed E-state index contributed by atoms with van der Waals surface area (Å²) >= 11 is 1.57. The highest BCUT2D eigenvalue weighted by Gasteiger charge is 2.25. The average molecular weight is 445 g/mol. The van der Waals surface area contributed by atoms with Crippen molar-refractivity contribution in [3.05, 3.63) is 94.5 Å². The first-order chi connectivity index (χ1) is 15.5. The van der Waals surface area contributed by atoms with E-state index in [-0.39, 0.29) is 12.3 Å². The van der Waals surface area contributed by atoms with E-state index in [9.17, 15) is 9.59 Å². The van der Waals surface area contributed by atoms with Gasteiger partial charge in [0.25, 0.3) is 5.91 Å². The molecule has 1 N–H and O–H groups in total. The van der Waals surface area contributed by atoms with Gasteiger partial charge in [-0.15, -0.1) is 11.3 Å². The number of para-hydroxylation sites is 1. The highest BCUT2D eigenvalue weighted by molar-refractivity contribution is 7.18. The first-order valence-electron chi connectivity index (χ1n) is 10.5. The number of carbonyl (C=O) groups excluding carboxylic acids is 2. The van der Waals surface area contributed by atoms with Crippen molar-refractivity contribution >= 4 is 39.1 Å². The fourth-order valence-corrected chi connectivity index (χ4v) is 4.55. The predicted molar refractivity (Wildman–Crippen MR) is 128 cm³/mol. The molecule has 3 aromatic carbocycles. The molecule has 0 radical (unpaired) electrons. The van der Waals surface area contributed by atoms with E-state index in [2.05, 4.69) is 10.3 Å². The van der Waals surface area contributed by atoms with Crippen LogP contribution in [-0.2, 0) is 20.7 Å². The van der Waals surface area contributed by atoms with Crippen molar-refractivity contribution in [2.45, 2.75) is 32.8 Å². The summed E-state index contributed by atoms with van der Waals surface area (Å²) in [5, 5.41) is 3.77. The van der Waals surface area contributed by atoms with Crippen molar-refractivity contribution in [2.24, 2.45) is 0 Å². The number of esters is 1. The van der Waals surface area contributed by atoms with Crippen LogP contribution in [0.15, 0.2) is 72.8 Å². The molecule has 1 atom stereocenters. The summed E-state index contributed by atoms with van der Waals surface area (Å²) in [6, 6.07) is 22.8. The van der Waals surface area contributed by atoms with Crippen molar-refractivity contribution in [3.63, 3.8) is 0 Å². The second-order valence-electron chi connectivity index (χ2n) is 7.72. The summed E-state index contributed by atoms with van der Waals surface area (Å²) in [7, 11) is 0. The molecule has 0 aliphatic heterocycles. The van der Waals surface area contributed by atoms with Crippen molar-refractivity contribution in [3.8, 4) is 0 Å². The molecule has 5 nitrogen and oxygen atoms in total. The van der Waals surface area contributed by atoms with Crippen molar-refractivity contribution in [2.75, 3.05) is 5.32 Å². The largest absolute Gasteiger partial charge is 0.447 e. The Kier molecular flexibility index (Phi) is 6.61. The van der Waals surface area contributed by atoms with E-state index >= 15 is 0 Å². The van der Waals surface area contributed by atoms with Crippen LogP contribution in [0.25, 0.3) is 10.2 Å². The average Bonchev–Trinajstić information content (AvgIpc) is 3.19. The zero-order chi connectivity index (χ0) is 22.5. The number of amides is 1. The molecule has 162 valence electrons. The van der Waals surface area contributed by atoms with Gasteiger partial charge in [-0.25, -0.2) is 4.98 Å². The van der Waals surface area contributed by atoms with E-state index in [4.69, 9.17) is 4.74 Å². The third-order valence-corrected chi connectivity index (χ3v) is 6.06. The van der Waals surface area contributed by atoms with Crippen LogP contribution in [0.1, 0.15) is 34.2 Å². The highest BCUT2D eigenvalue weighted by atomic mass is 32.1. The number of aryl methyl sites for hydroxylation is 3. The fraction of sp³-hybridized carbons (Fsp3) is 0.192. The van der Waals surface area contributed by atoms with Gasteiger partial charge in [-0.05, 0) is 49.2 Å². The lowest BCUT2D eigenvalue weighted by atomic mass is 10.1. The van der Waals surface area contributed by atoms with Crippen LogP contribution >= 0.6 is 11.3 Å². The number of anilines is 1. The van der Waals surface area contributed by atoms with Gasteiger partial charge in [-0.2, -0.15) is 0 Å². The van der Waals surface area contributed by atoms with Gasteiger partial charge in [0.1, 0.15) is 0 Å². The Morgan fingerprint density at radius 1 is 0.969 bits per heavy atom. The lowest BCUT2D eigenvalue weighted by molar-refractivity contribution is -0.154. The van der Waals surface area contributed by atoms with Gasteiger partial charge in [0.15, 0.2) is 0 Å². The third kappa shape index (κ3) is 5.39. The second kappa shape index (κ2) is 9.75. The van der Waals surface area contributed by atoms with E-state index in [1.807, 2.05) is 74.5 Å². The molecule has 1 aromatic heterocycles. The van der Waals surface area contributed by atoms with Gasteiger partial charge in [-0.3, -0.25) is 9.59 Å². The summed E-state index contributed by atoms with van der Waals surface area (Å²) < 4.78 is 6.74. The minimum Gasteiger partial charge on any atom is -0.447 e. The van der Waals surface area contributed by atoms with E-state index in [0.29, 0.717) is 17.7 Å². The number of ether oxygens (including phenoxy) is 1. The number of carbonyl (C=O) groups is 2. The maximum Gasteiger partial charge on any atom is 0.307 e. The maximum absolute atomic E-state index is 13.1. The molecule has 0 spiro atoms. The number of thiazole rings is 1. The molecule has 1 heterocycles. The molecule has 0 bridgehead atoms. The third-order valence-electron chi connectivity index (χ3n) is 4.96. The Morgan fingerprint density at radius 3 is 2.38 bits per heavy atom. The SMILES string of the molecule is Cc1cc(C)cc(NC(=O)C(OC(=O)CCc2nc3ccccc3s2)c2ccccc2)c1. The summed E-state index contributed by atoms with van der Waals surface area (Å²) in [5.74, 6) is -0.816. The zero-order valence-corrected chi connectivity index (χ0v) is 18.8. The van der Waals surface area contributed by atoms with E-state index in [0.717, 1.165) is 26.4 Å². The molecule has 0 aliphatic rings. The van der Waals surface area contributed by atoms with Gasteiger partial charge >= 0.3 is 5.97 Å². The number of fused-ring (bicyclic) bond motifs is 1. The standard InChI is InChI=1S/C26H24N2O3S/c1-17-14-18(2)16-20(15-17)27-26(30)25(19-8-4-3-5-9-19)31-24(29)13-12-23-28-21-10-6-7-11-22(21)32-23/h3-11,14-16,25H,12-13H2,1-2H3,(H,27,30). The first-order valence-corrected chi connectivity index (χ1v) is 11.3. The number of nitrogens with zero attached hydrogens (tertiary/aromatic N) is 1. The zero-order valence-electron chi connectivity index (χ0n) is 18.0. The molecule has 0 aliphatic carbocycles. The van der Waals surface area contributed by atoms with Crippen LogP contribution in [-0.4, -0.2) is 16.9 Å². The lowest BCUT2D eigenvalue weighted by Crippen LogP contribution is -2.26. The normalized spacial score (nSPS) is 11.8. The van der Waals surface area contributed by atoms with Crippen molar-refractivity contribution in [1.82, 2.24) is 4.98 Å². The lowest BCUT2D eigenvalue weighted by Gasteiger charge is -2.18. The molecule has 4 rings (SSSR count). The topological polar surface area (TPSA) is 68.3 Å². The molecule has 0 fully saturated rings. The van der Waals surface area contributed by atoms with E-state index < -0.39 is 12.1 Å². The minimum absolute atomic E-state index is 0.153. The van der Waals surface area contributed by atoms with Crippen LogP contribution in [0.5, 0.6) is 0 Å². The first kappa shape index (κ1) is 21.7. The Labute approximate surface area is 191 Å². The minimum atomic E-state index is -1.03. The van der Waals surface area contributed by atoms with Crippen LogP contribution in [0.2, 0.25) is 0 Å². The van der Waals surface area contributed by atoms with Crippen LogP contribution in [0.3, 0.4) is 0 Å². The number of aromatic nitrogens is 1. The molecule has 0 saturated carbocycles. The number of nitrogens with one attached hydrogen (secondary N) is 1. The molecule has 1 unspecified atom stereocenters. The van der Waals surface area contributed by atoms with Crippen LogP contribution in [0, 0.1) is 13.8 Å². The Bertz CT molecular complexity index is 1200. The van der Waals surface area contributed by atoms with Crippen LogP contribution < -0.4 is 5.32 Å². The monoisotopic (exact) mass is 444 g/mol. The number of rotatable bonds is 7. The maximum atomic E-state index is 13.1. The summed E-state index contributed by atoms with van der Waals surface area (Å²) in [4.78, 5) is 30.3. The Balaban J connectivity index is 1.46. The summed E-state index contributed by atoms with van der Waals surface area (Å²) in [5.41, 5.74) is 4.33. The van der Waals surface area contributed by atoms with Gasteiger partial charge in [0.05, 0.1) is 21.6 Å². The summed E-state index contributed by atoms with van der Waals surface area (Å²) in [6.07, 6.45) is -0.404. The van der Waals surface area contributed by atoms with Gasteiger partial charge in [0, 0.05) is 17.7 Å². The number of hydrogen-bond acceptors (Lipinski definition) is 5.